The van der Waals surface area contributed by atoms with Crippen LogP contribution in [0.2, 0.25) is 0 Å². The summed E-state index contributed by atoms with van der Waals surface area (Å²) < 4.78 is 0. The van der Waals surface area contributed by atoms with E-state index in [2.05, 4.69) is 134 Å². The molecule has 2 atom stereocenters. The van der Waals surface area contributed by atoms with Gasteiger partial charge in [-0.1, -0.05) is 134 Å². The van der Waals surface area contributed by atoms with E-state index in [1.807, 2.05) is 0 Å². The van der Waals surface area contributed by atoms with Crippen molar-refractivity contribution >= 4 is 33.7 Å². The molecule has 36 heavy (non-hydrogen) atoms. The lowest BCUT2D eigenvalue weighted by atomic mass is 9.67. The van der Waals surface area contributed by atoms with Crippen molar-refractivity contribution in [1.82, 2.24) is 0 Å². The molecule has 0 bridgehead atoms. The smallest absolute Gasteiger partial charge is 0.0199 e. The number of allylic oxidation sites excluding steroid dienone is 6. The molecule has 0 aliphatic heterocycles. The number of hydrogen-bond acceptors (Lipinski definition) is 0. The Bertz CT molecular complexity index is 1770. The van der Waals surface area contributed by atoms with Crippen LogP contribution in [0, 0.1) is 5.92 Å². The third-order valence-corrected chi connectivity index (χ3v) is 8.20. The summed E-state index contributed by atoms with van der Waals surface area (Å²) in [5.41, 5.74) is 10.9. The fourth-order valence-corrected chi connectivity index (χ4v) is 6.70. The monoisotopic (exact) mass is 456 g/mol. The summed E-state index contributed by atoms with van der Waals surface area (Å²) in [6, 6.07) is 33.4. The summed E-state index contributed by atoms with van der Waals surface area (Å²) in [5, 5.41) is 5.24. The molecule has 0 saturated carbocycles. The molecule has 3 aliphatic carbocycles. The van der Waals surface area contributed by atoms with E-state index in [0.29, 0.717) is 11.8 Å². The summed E-state index contributed by atoms with van der Waals surface area (Å²) in [5.74, 6) is 0.849. The van der Waals surface area contributed by atoms with Gasteiger partial charge in [-0.05, 0) is 66.1 Å². The van der Waals surface area contributed by atoms with E-state index in [-0.39, 0.29) is 0 Å². The second-order valence-electron chi connectivity index (χ2n) is 10.0. The van der Waals surface area contributed by atoms with Gasteiger partial charge in [-0.2, -0.15) is 0 Å². The zero-order valence-corrected chi connectivity index (χ0v) is 19.9. The van der Waals surface area contributed by atoms with Crippen LogP contribution in [0.1, 0.15) is 22.6 Å². The maximum atomic E-state index is 2.37. The Hall–Kier alpha value is -4.42. The molecule has 0 nitrogen and oxygen atoms in total. The van der Waals surface area contributed by atoms with Crippen molar-refractivity contribution in [3.8, 4) is 22.3 Å². The van der Waals surface area contributed by atoms with Crippen molar-refractivity contribution in [3.05, 3.63) is 144 Å². The molecular weight excluding hydrogens is 432 g/mol. The molecular formula is C36H24. The molecule has 5 aromatic rings. The van der Waals surface area contributed by atoms with Crippen LogP contribution in [0.5, 0.6) is 0 Å². The quantitative estimate of drug-likeness (QED) is 0.232. The van der Waals surface area contributed by atoms with Gasteiger partial charge < -0.3 is 0 Å². The Labute approximate surface area is 211 Å². The third-order valence-electron chi connectivity index (χ3n) is 8.20. The van der Waals surface area contributed by atoms with Gasteiger partial charge in [0.05, 0.1) is 0 Å². The molecule has 0 heterocycles. The molecule has 8 rings (SSSR count). The molecule has 0 heteroatoms. The first kappa shape index (κ1) is 19.8. The predicted octanol–water partition coefficient (Wildman–Crippen LogP) is 9.58. The van der Waals surface area contributed by atoms with E-state index in [4.69, 9.17) is 0 Å². The lowest BCUT2D eigenvalue weighted by Gasteiger charge is -2.36. The van der Waals surface area contributed by atoms with E-state index in [1.165, 1.54) is 66.1 Å². The van der Waals surface area contributed by atoms with Crippen molar-refractivity contribution in [2.75, 3.05) is 0 Å². The van der Waals surface area contributed by atoms with Crippen LogP contribution in [-0.4, -0.2) is 0 Å². The molecule has 0 amide bonds. The van der Waals surface area contributed by atoms with Gasteiger partial charge in [0.2, 0.25) is 0 Å². The fourth-order valence-electron chi connectivity index (χ4n) is 6.70. The summed E-state index contributed by atoms with van der Waals surface area (Å²) in [7, 11) is 0. The first-order chi connectivity index (χ1) is 17.9. The Kier molecular flexibility index (Phi) is 4.15. The molecule has 0 N–H and O–H groups in total. The SMILES string of the molecule is C1=CC2C=Cc3ccc(-c4c5ccccc5c(-c5ccccc5)c5ccccc45)c4c3C2C(=C1)C=C4. The van der Waals surface area contributed by atoms with Crippen molar-refractivity contribution in [1.29, 1.82) is 0 Å². The molecule has 0 radical (unpaired) electrons. The minimum absolute atomic E-state index is 0.413. The second kappa shape index (κ2) is 7.54. The first-order valence-electron chi connectivity index (χ1n) is 12.8. The van der Waals surface area contributed by atoms with E-state index in [0.717, 1.165) is 0 Å². The molecule has 168 valence electrons. The van der Waals surface area contributed by atoms with Gasteiger partial charge in [0, 0.05) is 11.8 Å². The van der Waals surface area contributed by atoms with Crippen LogP contribution < -0.4 is 0 Å². The number of benzene rings is 5. The summed E-state index contributed by atoms with van der Waals surface area (Å²) in [6.45, 7) is 0. The van der Waals surface area contributed by atoms with Gasteiger partial charge in [-0.3, -0.25) is 0 Å². The molecule has 5 aromatic carbocycles. The Balaban J connectivity index is 1.51. The van der Waals surface area contributed by atoms with Gasteiger partial charge in [0.1, 0.15) is 0 Å². The van der Waals surface area contributed by atoms with Crippen molar-refractivity contribution in [2.45, 2.75) is 5.92 Å². The van der Waals surface area contributed by atoms with E-state index in [1.54, 1.807) is 0 Å². The zero-order valence-electron chi connectivity index (χ0n) is 19.9. The third kappa shape index (κ3) is 2.70. The van der Waals surface area contributed by atoms with Crippen LogP contribution in [0.25, 0.3) is 56.0 Å². The topological polar surface area (TPSA) is 0 Å². The summed E-state index contributed by atoms with van der Waals surface area (Å²) in [6.07, 6.45) is 16.3. The maximum Gasteiger partial charge on any atom is 0.0199 e. The summed E-state index contributed by atoms with van der Waals surface area (Å²) in [4.78, 5) is 0. The van der Waals surface area contributed by atoms with Crippen LogP contribution in [0.15, 0.2) is 127 Å². The van der Waals surface area contributed by atoms with Gasteiger partial charge >= 0.3 is 0 Å². The fraction of sp³-hybridized carbons (Fsp3) is 0.0556. The summed E-state index contributed by atoms with van der Waals surface area (Å²) >= 11 is 0. The lowest BCUT2D eigenvalue weighted by molar-refractivity contribution is 0.665. The Morgan fingerprint density at radius 1 is 0.528 bits per heavy atom. The average Bonchev–Trinajstić information content (AvgIpc) is 2.95. The Morgan fingerprint density at radius 2 is 1.19 bits per heavy atom. The highest BCUT2D eigenvalue weighted by Gasteiger charge is 2.33. The number of rotatable bonds is 2. The zero-order chi connectivity index (χ0) is 23.6. The normalized spacial score (nSPS) is 18.9. The van der Waals surface area contributed by atoms with Crippen LogP contribution in [0.4, 0.5) is 0 Å². The van der Waals surface area contributed by atoms with E-state index in [9.17, 15) is 0 Å². The predicted molar refractivity (Wildman–Crippen MR) is 154 cm³/mol. The average molecular weight is 457 g/mol. The highest BCUT2D eigenvalue weighted by molar-refractivity contribution is 6.22. The molecule has 0 saturated heterocycles. The molecule has 0 aromatic heterocycles. The van der Waals surface area contributed by atoms with Crippen LogP contribution in [0.3, 0.4) is 0 Å². The number of hydrogen-bond donors (Lipinski definition) is 0. The highest BCUT2D eigenvalue weighted by Crippen LogP contribution is 2.51. The standard InChI is InChI=1S/C36H24/c1-2-9-23(10-3-1)34-27-13-4-6-15-29(27)36(30-16-7-5-14-28(30)34)32-22-20-26-18-17-24-11-8-12-25-19-21-31(32)35(26)33(24)25/h1-22,24,33H. The largest absolute Gasteiger partial charge is 0.0767 e. The van der Waals surface area contributed by atoms with Gasteiger partial charge in [0.25, 0.3) is 0 Å². The van der Waals surface area contributed by atoms with Crippen molar-refractivity contribution in [3.63, 3.8) is 0 Å². The molecule has 2 unspecified atom stereocenters. The lowest BCUT2D eigenvalue weighted by Crippen LogP contribution is -2.21. The first-order valence-corrected chi connectivity index (χ1v) is 12.8. The van der Waals surface area contributed by atoms with Gasteiger partial charge in [-0.15, -0.1) is 0 Å². The highest BCUT2D eigenvalue weighted by atomic mass is 14.4. The Morgan fingerprint density at radius 3 is 1.92 bits per heavy atom. The molecule has 0 fully saturated rings. The minimum atomic E-state index is 0.413. The van der Waals surface area contributed by atoms with E-state index < -0.39 is 0 Å². The maximum absolute atomic E-state index is 2.37. The van der Waals surface area contributed by atoms with Crippen LogP contribution >= 0.6 is 0 Å². The van der Waals surface area contributed by atoms with Crippen molar-refractivity contribution in [2.24, 2.45) is 5.92 Å². The minimum Gasteiger partial charge on any atom is -0.0767 e. The van der Waals surface area contributed by atoms with Gasteiger partial charge in [0.15, 0.2) is 0 Å². The second-order valence-corrected chi connectivity index (χ2v) is 10.0. The van der Waals surface area contributed by atoms with E-state index >= 15 is 0 Å². The molecule has 0 spiro atoms. The van der Waals surface area contributed by atoms with Gasteiger partial charge in [-0.25, -0.2) is 0 Å². The molecule has 3 aliphatic rings. The van der Waals surface area contributed by atoms with Crippen LogP contribution in [-0.2, 0) is 0 Å². The van der Waals surface area contributed by atoms with Crippen molar-refractivity contribution < 1.29 is 0 Å². The number of fused-ring (bicyclic) bond motifs is 2.